The van der Waals surface area contributed by atoms with E-state index in [1.165, 1.54) is 25.1 Å². The summed E-state index contributed by atoms with van der Waals surface area (Å²) >= 11 is 0. The molecule has 0 unspecified atom stereocenters. The number of benzene rings is 2. The Morgan fingerprint density at radius 3 is 2.25 bits per heavy atom. The van der Waals surface area contributed by atoms with Crippen molar-refractivity contribution in [1.82, 2.24) is 10.2 Å². The molecule has 1 N–H and O–H groups in total. The molecule has 1 aliphatic heterocycles. The van der Waals surface area contributed by atoms with Crippen molar-refractivity contribution in [3.05, 3.63) is 65.5 Å². The Hall–Kier alpha value is -3.22. The van der Waals surface area contributed by atoms with Gasteiger partial charge < -0.3 is 15.1 Å². The van der Waals surface area contributed by atoms with E-state index >= 15 is 0 Å². The van der Waals surface area contributed by atoms with Gasteiger partial charge in [-0.25, -0.2) is 4.39 Å². The molecule has 1 heterocycles. The number of Topliss-reactive ketones (excluding diaryl/α,β-unsaturated/α-hetero) is 1. The molecule has 0 radical (unpaired) electrons. The van der Waals surface area contributed by atoms with Crippen LogP contribution >= 0.6 is 0 Å². The van der Waals surface area contributed by atoms with Gasteiger partial charge >= 0.3 is 0 Å². The predicted octanol–water partition coefficient (Wildman–Crippen LogP) is 2.11. The van der Waals surface area contributed by atoms with E-state index < -0.39 is 11.7 Å². The molecule has 2 aromatic rings. The number of amides is 2. The fourth-order valence-electron chi connectivity index (χ4n) is 3.12. The molecule has 3 rings (SSSR count). The molecule has 0 saturated carbocycles. The number of piperazine rings is 1. The molecule has 0 aliphatic carbocycles. The van der Waals surface area contributed by atoms with E-state index in [0.29, 0.717) is 31.7 Å². The molecule has 6 nitrogen and oxygen atoms in total. The quantitative estimate of drug-likeness (QED) is 0.803. The summed E-state index contributed by atoms with van der Waals surface area (Å²) in [6.07, 6.45) is 0. The van der Waals surface area contributed by atoms with E-state index in [9.17, 15) is 18.8 Å². The lowest BCUT2D eigenvalue weighted by Crippen LogP contribution is -2.51. The topological polar surface area (TPSA) is 69.7 Å². The number of hydrogen-bond acceptors (Lipinski definition) is 4. The number of nitrogens with zero attached hydrogens (tertiary/aromatic N) is 2. The average molecular weight is 383 g/mol. The number of carbonyl (C=O) groups excluding carboxylic acids is 3. The van der Waals surface area contributed by atoms with E-state index in [4.69, 9.17) is 0 Å². The highest BCUT2D eigenvalue weighted by Crippen LogP contribution is 2.17. The van der Waals surface area contributed by atoms with E-state index in [-0.39, 0.29) is 23.8 Å². The van der Waals surface area contributed by atoms with Crippen LogP contribution in [0.4, 0.5) is 10.1 Å². The molecular weight excluding hydrogens is 361 g/mol. The summed E-state index contributed by atoms with van der Waals surface area (Å²) in [6.45, 7) is 3.84. The first kappa shape index (κ1) is 19.5. The van der Waals surface area contributed by atoms with Crippen molar-refractivity contribution in [2.45, 2.75) is 6.92 Å². The molecular formula is C21H22FN3O3. The van der Waals surface area contributed by atoms with Gasteiger partial charge in [0.15, 0.2) is 5.78 Å². The molecule has 1 saturated heterocycles. The number of halogens is 1. The first-order valence-corrected chi connectivity index (χ1v) is 9.11. The monoisotopic (exact) mass is 383 g/mol. The van der Waals surface area contributed by atoms with Crippen molar-refractivity contribution in [3.63, 3.8) is 0 Å². The van der Waals surface area contributed by atoms with Gasteiger partial charge in [0.1, 0.15) is 5.82 Å². The first-order chi connectivity index (χ1) is 13.4. The summed E-state index contributed by atoms with van der Waals surface area (Å²) < 4.78 is 13.2. The van der Waals surface area contributed by atoms with Crippen LogP contribution in [0, 0.1) is 5.82 Å². The molecule has 0 bridgehead atoms. The van der Waals surface area contributed by atoms with Crippen molar-refractivity contribution >= 4 is 23.3 Å². The Bertz CT molecular complexity index is 875. The lowest BCUT2D eigenvalue weighted by molar-refractivity contribution is -0.130. The van der Waals surface area contributed by atoms with Crippen molar-refractivity contribution in [2.24, 2.45) is 0 Å². The van der Waals surface area contributed by atoms with Crippen LogP contribution in [0.2, 0.25) is 0 Å². The number of rotatable bonds is 5. The second-order valence-corrected chi connectivity index (χ2v) is 6.66. The molecule has 1 fully saturated rings. The predicted molar refractivity (Wildman–Crippen MR) is 104 cm³/mol. The SMILES string of the molecule is CC(=O)c1ccc(N2CCN(C(=O)CNC(=O)c3cccc(F)c3)CC2)cc1. The van der Waals surface area contributed by atoms with E-state index in [1.54, 1.807) is 17.0 Å². The molecule has 28 heavy (non-hydrogen) atoms. The molecule has 146 valence electrons. The number of nitrogens with one attached hydrogen (secondary N) is 1. The van der Waals surface area contributed by atoms with E-state index in [1.807, 2.05) is 12.1 Å². The molecule has 2 amide bonds. The van der Waals surface area contributed by atoms with Crippen molar-refractivity contribution < 1.29 is 18.8 Å². The highest BCUT2D eigenvalue weighted by Gasteiger charge is 2.21. The maximum Gasteiger partial charge on any atom is 0.251 e. The zero-order valence-electron chi connectivity index (χ0n) is 15.7. The van der Waals surface area contributed by atoms with Gasteiger partial charge in [-0.1, -0.05) is 6.07 Å². The number of ketones is 1. The van der Waals surface area contributed by atoms with Crippen molar-refractivity contribution in [3.8, 4) is 0 Å². The maximum absolute atomic E-state index is 13.2. The third-order valence-electron chi connectivity index (χ3n) is 4.76. The van der Waals surface area contributed by atoms with Gasteiger partial charge in [-0.2, -0.15) is 0 Å². The summed E-state index contributed by atoms with van der Waals surface area (Å²) in [5, 5.41) is 2.54. The highest BCUT2D eigenvalue weighted by atomic mass is 19.1. The van der Waals surface area contributed by atoms with Crippen LogP contribution in [0.5, 0.6) is 0 Å². The minimum atomic E-state index is -0.494. The third kappa shape index (κ3) is 4.73. The minimum Gasteiger partial charge on any atom is -0.368 e. The van der Waals surface area contributed by atoms with Crippen LogP contribution in [-0.2, 0) is 4.79 Å². The Morgan fingerprint density at radius 2 is 1.64 bits per heavy atom. The zero-order valence-corrected chi connectivity index (χ0v) is 15.7. The molecule has 2 aromatic carbocycles. The van der Waals surface area contributed by atoms with Crippen LogP contribution < -0.4 is 10.2 Å². The Labute approximate surface area is 162 Å². The second kappa shape index (κ2) is 8.65. The summed E-state index contributed by atoms with van der Waals surface area (Å²) in [7, 11) is 0. The Kier molecular flexibility index (Phi) is 6.03. The molecule has 1 aliphatic rings. The highest BCUT2D eigenvalue weighted by molar-refractivity contribution is 5.96. The van der Waals surface area contributed by atoms with Crippen LogP contribution in [0.25, 0.3) is 0 Å². The Balaban J connectivity index is 1.48. The minimum absolute atomic E-state index is 0.0299. The Morgan fingerprint density at radius 1 is 0.964 bits per heavy atom. The molecule has 0 aromatic heterocycles. The van der Waals surface area contributed by atoms with E-state index in [2.05, 4.69) is 10.2 Å². The van der Waals surface area contributed by atoms with Crippen LogP contribution in [0.1, 0.15) is 27.6 Å². The van der Waals surface area contributed by atoms with Gasteiger partial charge in [-0.05, 0) is 49.4 Å². The lowest BCUT2D eigenvalue weighted by atomic mass is 10.1. The van der Waals surface area contributed by atoms with Crippen LogP contribution in [0.3, 0.4) is 0 Å². The summed E-state index contributed by atoms with van der Waals surface area (Å²) in [5.74, 6) is -1.11. The van der Waals surface area contributed by atoms with Gasteiger partial charge in [0, 0.05) is 43.0 Å². The standard InChI is InChI=1S/C21H22FN3O3/c1-15(26)16-5-7-19(8-6-16)24-9-11-25(12-10-24)20(27)14-23-21(28)17-3-2-4-18(22)13-17/h2-8,13H,9-12,14H2,1H3,(H,23,28). The van der Waals surface area contributed by atoms with Gasteiger partial charge in [0.2, 0.25) is 5.91 Å². The van der Waals surface area contributed by atoms with Crippen LogP contribution in [-0.4, -0.2) is 55.2 Å². The molecule has 7 heteroatoms. The number of carbonyl (C=O) groups is 3. The second-order valence-electron chi connectivity index (χ2n) is 6.66. The fourth-order valence-corrected chi connectivity index (χ4v) is 3.12. The molecule has 0 atom stereocenters. The van der Waals surface area contributed by atoms with Gasteiger partial charge in [0.05, 0.1) is 6.54 Å². The number of anilines is 1. The van der Waals surface area contributed by atoms with Gasteiger partial charge in [-0.15, -0.1) is 0 Å². The van der Waals surface area contributed by atoms with Crippen molar-refractivity contribution in [1.29, 1.82) is 0 Å². The normalized spacial score (nSPS) is 13.9. The smallest absolute Gasteiger partial charge is 0.251 e. The summed E-state index contributed by atoms with van der Waals surface area (Å²) in [6, 6.07) is 12.8. The zero-order chi connectivity index (χ0) is 20.1. The van der Waals surface area contributed by atoms with Gasteiger partial charge in [-0.3, -0.25) is 14.4 Å². The van der Waals surface area contributed by atoms with E-state index in [0.717, 1.165) is 11.8 Å². The first-order valence-electron chi connectivity index (χ1n) is 9.11. The van der Waals surface area contributed by atoms with Gasteiger partial charge in [0.25, 0.3) is 5.91 Å². The maximum atomic E-state index is 13.2. The molecule has 0 spiro atoms. The average Bonchev–Trinajstić information content (AvgIpc) is 2.72. The third-order valence-corrected chi connectivity index (χ3v) is 4.76. The summed E-state index contributed by atoms with van der Waals surface area (Å²) in [4.78, 5) is 39.6. The van der Waals surface area contributed by atoms with Crippen LogP contribution in [0.15, 0.2) is 48.5 Å². The lowest BCUT2D eigenvalue weighted by Gasteiger charge is -2.36. The fraction of sp³-hybridized carbons (Fsp3) is 0.286. The summed E-state index contributed by atoms with van der Waals surface area (Å²) in [5.41, 5.74) is 1.87. The largest absolute Gasteiger partial charge is 0.368 e. The number of hydrogen-bond donors (Lipinski definition) is 1. The van der Waals surface area contributed by atoms with Crippen molar-refractivity contribution in [2.75, 3.05) is 37.6 Å².